The number of rotatable bonds is 14. The van der Waals surface area contributed by atoms with Crippen LogP contribution in [-0.4, -0.2) is 34.4 Å². The molecule has 2 unspecified atom stereocenters. The molecule has 0 aliphatic rings. The first-order valence-electron chi connectivity index (χ1n) is 10.0. The lowest BCUT2D eigenvalue weighted by molar-refractivity contribution is -0.159. The zero-order valence-corrected chi connectivity index (χ0v) is 17.6. The fourth-order valence-corrected chi connectivity index (χ4v) is 2.67. The molecule has 0 radical (unpaired) electrons. The number of aliphatic hydroxyl groups is 1. The Hall–Kier alpha value is -1.10. The summed E-state index contributed by atoms with van der Waals surface area (Å²) in [5.41, 5.74) is -1.18. The second kappa shape index (κ2) is 11.6. The summed E-state index contributed by atoms with van der Waals surface area (Å²) in [6.45, 7) is 11.2. The maximum Gasteiger partial charge on any atom is 0.311 e. The van der Waals surface area contributed by atoms with Gasteiger partial charge in [-0.2, -0.15) is 0 Å². The van der Waals surface area contributed by atoms with Crippen molar-refractivity contribution in [2.75, 3.05) is 0 Å². The Morgan fingerprint density at radius 2 is 1.38 bits per heavy atom. The maximum atomic E-state index is 12.2. The van der Waals surface area contributed by atoms with Gasteiger partial charge in [0.15, 0.2) is 0 Å². The van der Waals surface area contributed by atoms with Crippen LogP contribution in [0.4, 0.5) is 0 Å². The molecular weight excluding hydrogens is 332 g/mol. The lowest BCUT2D eigenvalue weighted by Gasteiger charge is -2.24. The van der Waals surface area contributed by atoms with Gasteiger partial charge in [0.1, 0.15) is 0 Å². The van der Waals surface area contributed by atoms with Crippen molar-refractivity contribution < 1.29 is 24.5 Å². The van der Waals surface area contributed by atoms with E-state index in [-0.39, 0.29) is 18.2 Å². The second-order valence-corrected chi connectivity index (χ2v) is 8.84. The number of hydrogen-bond donors (Lipinski definition) is 2. The topological polar surface area (TPSA) is 83.8 Å². The summed E-state index contributed by atoms with van der Waals surface area (Å²) in [7, 11) is 0. The molecule has 154 valence electrons. The third kappa shape index (κ3) is 10.1. The van der Waals surface area contributed by atoms with Gasteiger partial charge in [-0.05, 0) is 66.7 Å². The quantitative estimate of drug-likeness (QED) is 0.333. The van der Waals surface area contributed by atoms with Crippen LogP contribution in [0.15, 0.2) is 0 Å². The minimum Gasteiger partial charge on any atom is -0.481 e. The van der Waals surface area contributed by atoms with E-state index in [0.717, 1.165) is 44.9 Å². The van der Waals surface area contributed by atoms with E-state index in [1.165, 1.54) is 0 Å². The molecule has 0 saturated heterocycles. The fourth-order valence-electron chi connectivity index (χ4n) is 2.67. The van der Waals surface area contributed by atoms with Crippen molar-refractivity contribution in [3.63, 3.8) is 0 Å². The van der Waals surface area contributed by atoms with Crippen LogP contribution < -0.4 is 0 Å². The van der Waals surface area contributed by atoms with E-state index in [2.05, 4.69) is 0 Å². The molecule has 0 spiro atoms. The van der Waals surface area contributed by atoms with Gasteiger partial charge in [0.25, 0.3) is 0 Å². The summed E-state index contributed by atoms with van der Waals surface area (Å²) in [5, 5.41) is 19.1. The molecule has 0 bridgehead atoms. The molecule has 0 aromatic heterocycles. The van der Waals surface area contributed by atoms with Gasteiger partial charge in [0, 0.05) is 0 Å². The van der Waals surface area contributed by atoms with Crippen LogP contribution in [0.2, 0.25) is 0 Å². The minimum absolute atomic E-state index is 0.0466. The summed E-state index contributed by atoms with van der Waals surface area (Å²) in [6, 6.07) is 0. The summed E-state index contributed by atoms with van der Waals surface area (Å²) >= 11 is 0. The van der Waals surface area contributed by atoms with Crippen LogP contribution in [0.5, 0.6) is 0 Å². The molecule has 0 amide bonds. The van der Waals surface area contributed by atoms with Gasteiger partial charge in [-0.3, -0.25) is 9.59 Å². The van der Waals surface area contributed by atoms with Gasteiger partial charge < -0.3 is 14.9 Å². The number of carboxylic acids is 1. The van der Waals surface area contributed by atoms with Gasteiger partial charge in [-0.15, -0.1) is 0 Å². The molecule has 26 heavy (non-hydrogen) atoms. The minimum atomic E-state index is -0.771. The molecule has 0 aliphatic carbocycles. The predicted molar refractivity (Wildman–Crippen MR) is 104 cm³/mol. The molecule has 0 aromatic carbocycles. The highest BCUT2D eigenvalue weighted by Crippen LogP contribution is 2.27. The van der Waals surface area contributed by atoms with E-state index in [1.54, 1.807) is 13.8 Å². The number of aliphatic hydroxyl groups excluding tert-OH is 1. The van der Waals surface area contributed by atoms with Crippen LogP contribution in [-0.2, 0) is 14.3 Å². The van der Waals surface area contributed by atoms with E-state index in [1.807, 2.05) is 27.7 Å². The third-order valence-electron chi connectivity index (χ3n) is 5.19. The first-order valence-corrected chi connectivity index (χ1v) is 10.0. The second-order valence-electron chi connectivity index (χ2n) is 8.84. The largest absolute Gasteiger partial charge is 0.481 e. The molecule has 5 nitrogen and oxygen atoms in total. The van der Waals surface area contributed by atoms with Crippen LogP contribution in [0.25, 0.3) is 0 Å². The normalized spacial score (nSPS) is 14.7. The molecule has 0 fully saturated rings. The molecule has 5 heteroatoms. The molecule has 0 rings (SSSR count). The van der Waals surface area contributed by atoms with E-state index in [9.17, 15) is 14.7 Å². The summed E-state index contributed by atoms with van der Waals surface area (Å²) in [6.07, 6.45) is 6.63. The monoisotopic (exact) mass is 372 g/mol. The van der Waals surface area contributed by atoms with Gasteiger partial charge >= 0.3 is 11.9 Å². The van der Waals surface area contributed by atoms with Crippen LogP contribution >= 0.6 is 0 Å². The Bertz CT molecular complexity index is 428. The average molecular weight is 373 g/mol. The lowest BCUT2D eigenvalue weighted by atomic mass is 9.86. The number of aliphatic carboxylic acids is 1. The highest BCUT2D eigenvalue weighted by atomic mass is 16.5. The average Bonchev–Trinajstić information content (AvgIpc) is 2.55. The van der Waals surface area contributed by atoms with Crippen molar-refractivity contribution in [2.45, 2.75) is 112 Å². The molecular formula is C21H40O5. The Morgan fingerprint density at radius 3 is 1.81 bits per heavy atom. The number of esters is 1. The number of unbranched alkanes of at least 4 members (excludes halogenated alkanes) is 2. The third-order valence-corrected chi connectivity index (χ3v) is 5.19. The van der Waals surface area contributed by atoms with E-state index >= 15 is 0 Å². The first kappa shape index (κ1) is 24.9. The number of carboxylic acid groups (broad SMARTS) is 1. The van der Waals surface area contributed by atoms with Gasteiger partial charge in [0.2, 0.25) is 0 Å². The molecule has 2 atom stereocenters. The van der Waals surface area contributed by atoms with E-state index < -0.39 is 16.8 Å². The first-order chi connectivity index (χ1) is 11.9. The number of hydrogen-bond acceptors (Lipinski definition) is 4. The van der Waals surface area contributed by atoms with E-state index in [0.29, 0.717) is 12.8 Å². The summed E-state index contributed by atoms with van der Waals surface area (Å²) in [5.74, 6) is -0.916. The smallest absolute Gasteiger partial charge is 0.311 e. The zero-order valence-electron chi connectivity index (χ0n) is 17.6. The lowest BCUT2D eigenvalue weighted by Crippen LogP contribution is -2.29. The van der Waals surface area contributed by atoms with Gasteiger partial charge in [-0.1, -0.05) is 32.6 Å². The van der Waals surface area contributed by atoms with Gasteiger partial charge in [0.05, 0.1) is 23.0 Å². The summed E-state index contributed by atoms with van der Waals surface area (Å²) in [4.78, 5) is 23.2. The van der Waals surface area contributed by atoms with Crippen LogP contribution in [0, 0.1) is 10.8 Å². The predicted octanol–water partition coefficient (Wildman–Crippen LogP) is 4.95. The molecule has 0 heterocycles. The number of ether oxygens (including phenoxy) is 1. The van der Waals surface area contributed by atoms with E-state index in [4.69, 9.17) is 9.84 Å². The highest BCUT2D eigenvalue weighted by molar-refractivity contribution is 5.76. The van der Waals surface area contributed by atoms with Crippen molar-refractivity contribution in [3.8, 4) is 0 Å². The fraction of sp³-hybridized carbons (Fsp3) is 0.905. The molecule has 0 saturated carbocycles. The molecule has 0 aromatic rings. The Kier molecular flexibility index (Phi) is 11.1. The zero-order chi connectivity index (χ0) is 20.4. The highest BCUT2D eigenvalue weighted by Gasteiger charge is 2.30. The maximum absolute atomic E-state index is 12.2. The Morgan fingerprint density at radius 1 is 0.923 bits per heavy atom. The van der Waals surface area contributed by atoms with Crippen LogP contribution in [0.1, 0.15) is 99.3 Å². The van der Waals surface area contributed by atoms with Crippen molar-refractivity contribution in [1.29, 1.82) is 0 Å². The molecule has 0 aliphatic heterocycles. The Labute approximate surface area is 159 Å². The standard InChI is InChI=1S/C21H40O5/c1-7-16(2)26-19(25)21(5,6)15-11-9-13-17(22)12-8-10-14-20(3,4)18(23)24/h16-17,22H,7-15H2,1-6H3,(H,23,24). The van der Waals surface area contributed by atoms with Crippen molar-refractivity contribution in [1.82, 2.24) is 0 Å². The van der Waals surface area contributed by atoms with Crippen molar-refractivity contribution in [2.24, 2.45) is 10.8 Å². The van der Waals surface area contributed by atoms with Crippen LogP contribution in [0.3, 0.4) is 0 Å². The molecule has 2 N–H and O–H groups in total. The number of carbonyl (C=O) groups excluding carboxylic acids is 1. The number of carbonyl (C=O) groups is 2. The van der Waals surface area contributed by atoms with Crippen molar-refractivity contribution >= 4 is 11.9 Å². The summed E-state index contributed by atoms with van der Waals surface area (Å²) < 4.78 is 5.42. The Balaban J connectivity index is 3.92. The van der Waals surface area contributed by atoms with Crippen molar-refractivity contribution in [3.05, 3.63) is 0 Å². The SMILES string of the molecule is CCC(C)OC(=O)C(C)(C)CCCCC(O)CCCCC(C)(C)C(=O)O. The van der Waals surface area contributed by atoms with Gasteiger partial charge in [-0.25, -0.2) is 0 Å².